The van der Waals surface area contributed by atoms with Crippen LogP contribution in [0.1, 0.15) is 20.3 Å². The molecule has 0 aromatic carbocycles. The molecule has 0 aromatic rings. The molecule has 0 aliphatic carbocycles. The Hall–Kier alpha value is -1.77. The Balaban J connectivity index is 2.96. The third-order valence-electron chi connectivity index (χ3n) is 3.28. The molecule has 0 radical (unpaired) electrons. The Kier molecular flexibility index (Phi) is 5.59. The zero-order chi connectivity index (χ0) is 16.2. The van der Waals surface area contributed by atoms with E-state index in [0.29, 0.717) is 12.2 Å². The first-order valence-electron chi connectivity index (χ1n) is 6.40. The van der Waals surface area contributed by atoms with Gasteiger partial charge in [-0.25, -0.2) is 4.79 Å². The molecule has 0 aromatic heterocycles. The number of nitrogens with zero attached hydrogens (tertiary/aromatic N) is 1. The third-order valence-corrected chi connectivity index (χ3v) is 3.92. The van der Waals surface area contributed by atoms with E-state index in [0.717, 1.165) is 0 Å². The summed E-state index contributed by atoms with van der Waals surface area (Å²) in [4.78, 5) is 48.1. The van der Waals surface area contributed by atoms with E-state index in [-0.39, 0.29) is 6.54 Å². The molecule has 0 spiro atoms. The summed E-state index contributed by atoms with van der Waals surface area (Å²) in [6, 6.07) is -1.67. The van der Waals surface area contributed by atoms with Crippen molar-refractivity contribution in [2.45, 2.75) is 31.8 Å². The molecule has 0 saturated carbocycles. The lowest BCUT2D eigenvalue weighted by Crippen LogP contribution is -2.68. The van der Waals surface area contributed by atoms with E-state index in [9.17, 15) is 19.2 Å². The summed E-state index contributed by atoms with van der Waals surface area (Å²) in [6.45, 7) is 2.86. The smallest absolute Gasteiger partial charge is 0.312 e. The van der Waals surface area contributed by atoms with Crippen molar-refractivity contribution in [3.05, 3.63) is 0 Å². The highest BCUT2D eigenvalue weighted by Gasteiger charge is 2.45. The number of carbonyl (C=O) groups excluding carboxylic acids is 4. The Morgan fingerprint density at radius 1 is 1.48 bits per heavy atom. The summed E-state index contributed by atoms with van der Waals surface area (Å²) in [6.07, 6.45) is 2.24. The summed E-state index contributed by atoms with van der Waals surface area (Å²) < 4.78 is 0. The largest absolute Gasteiger partial charge is 0.352 e. The third kappa shape index (κ3) is 4.10. The van der Waals surface area contributed by atoms with Gasteiger partial charge in [0, 0.05) is 0 Å². The Bertz CT molecular complexity index is 466. The summed E-state index contributed by atoms with van der Waals surface area (Å²) >= 11 is 1.51. The lowest BCUT2D eigenvalue weighted by molar-refractivity contribution is -0.156. The van der Waals surface area contributed by atoms with Crippen LogP contribution < -0.4 is 16.4 Å². The first-order chi connectivity index (χ1) is 9.70. The predicted octanol–water partition coefficient (Wildman–Crippen LogP) is -0.960. The van der Waals surface area contributed by atoms with Gasteiger partial charge in [-0.15, -0.1) is 0 Å². The molecule has 21 heavy (non-hydrogen) atoms. The van der Waals surface area contributed by atoms with Gasteiger partial charge < -0.3 is 16.0 Å². The zero-order valence-corrected chi connectivity index (χ0v) is 13.1. The number of thioether (sulfide) groups is 1. The minimum Gasteiger partial charge on any atom is -0.352 e. The van der Waals surface area contributed by atoms with Crippen molar-refractivity contribution in [3.8, 4) is 0 Å². The number of rotatable bonds is 5. The quantitative estimate of drug-likeness (QED) is 0.564. The van der Waals surface area contributed by atoms with Crippen molar-refractivity contribution in [2.24, 2.45) is 5.73 Å². The lowest BCUT2D eigenvalue weighted by atomic mass is 9.97. The van der Waals surface area contributed by atoms with Crippen LogP contribution in [0, 0.1) is 0 Å². The summed E-state index contributed by atoms with van der Waals surface area (Å²) in [7, 11) is 0. The van der Waals surface area contributed by atoms with Crippen molar-refractivity contribution in [3.63, 3.8) is 0 Å². The van der Waals surface area contributed by atoms with Gasteiger partial charge in [0.1, 0.15) is 18.1 Å². The summed E-state index contributed by atoms with van der Waals surface area (Å²) in [5.74, 6) is -0.952. The number of urea groups is 1. The second kappa shape index (κ2) is 6.79. The zero-order valence-electron chi connectivity index (χ0n) is 12.3. The Morgan fingerprint density at radius 3 is 2.62 bits per heavy atom. The van der Waals surface area contributed by atoms with E-state index >= 15 is 0 Å². The van der Waals surface area contributed by atoms with E-state index in [1.165, 1.54) is 16.7 Å². The number of nitrogens with two attached hydrogens (primary N) is 1. The second-order valence-corrected chi connectivity index (χ2v) is 6.19. The molecule has 1 aliphatic rings. The van der Waals surface area contributed by atoms with E-state index in [4.69, 9.17) is 5.73 Å². The fraction of sp³-hybridized carbons (Fsp3) is 0.667. The van der Waals surface area contributed by atoms with Gasteiger partial charge in [-0.3, -0.25) is 19.7 Å². The van der Waals surface area contributed by atoms with Crippen LogP contribution in [0.3, 0.4) is 0 Å². The van der Waals surface area contributed by atoms with Gasteiger partial charge in [-0.2, -0.15) is 11.8 Å². The number of nitrogens with one attached hydrogen (secondary N) is 2. The van der Waals surface area contributed by atoms with Crippen molar-refractivity contribution in [1.82, 2.24) is 15.5 Å². The molecule has 8 nitrogen and oxygen atoms in total. The molecule has 1 fully saturated rings. The molecule has 1 atom stereocenters. The van der Waals surface area contributed by atoms with Gasteiger partial charge in [-0.05, 0) is 32.3 Å². The van der Waals surface area contributed by atoms with Gasteiger partial charge in [0.05, 0.1) is 0 Å². The fourth-order valence-corrected chi connectivity index (χ4v) is 2.46. The van der Waals surface area contributed by atoms with Crippen LogP contribution in [-0.4, -0.2) is 58.8 Å². The molecule has 1 rings (SSSR count). The molecule has 1 unspecified atom stereocenters. The number of amides is 5. The van der Waals surface area contributed by atoms with Crippen LogP contribution in [0.25, 0.3) is 0 Å². The van der Waals surface area contributed by atoms with E-state index in [1.807, 2.05) is 6.26 Å². The maximum atomic E-state index is 12.6. The molecular weight excluding hydrogens is 296 g/mol. The number of hydrogen-bond acceptors (Lipinski definition) is 5. The maximum Gasteiger partial charge on any atom is 0.312 e. The van der Waals surface area contributed by atoms with Gasteiger partial charge in [-0.1, -0.05) is 0 Å². The van der Waals surface area contributed by atoms with Crippen molar-refractivity contribution >= 4 is 35.5 Å². The van der Waals surface area contributed by atoms with Crippen LogP contribution in [0.4, 0.5) is 4.79 Å². The van der Waals surface area contributed by atoms with Crippen molar-refractivity contribution in [2.75, 3.05) is 18.6 Å². The average Bonchev–Trinajstić information content (AvgIpc) is 2.38. The first-order valence-corrected chi connectivity index (χ1v) is 7.80. The van der Waals surface area contributed by atoms with Gasteiger partial charge >= 0.3 is 6.03 Å². The first kappa shape index (κ1) is 17.3. The number of primary amides is 1. The minimum atomic E-state index is -1.16. The van der Waals surface area contributed by atoms with Crippen LogP contribution >= 0.6 is 11.8 Å². The molecule has 1 aliphatic heterocycles. The number of piperazine rings is 1. The highest BCUT2D eigenvalue weighted by molar-refractivity contribution is 7.98. The second-order valence-electron chi connectivity index (χ2n) is 5.20. The number of hydrogen-bond donors (Lipinski definition) is 3. The maximum absolute atomic E-state index is 12.6. The molecule has 1 heterocycles. The normalized spacial score (nSPS) is 18.9. The van der Waals surface area contributed by atoms with Crippen LogP contribution in [0.2, 0.25) is 0 Å². The molecule has 4 N–H and O–H groups in total. The molecule has 9 heteroatoms. The Morgan fingerprint density at radius 2 is 2.10 bits per heavy atom. The average molecular weight is 316 g/mol. The van der Waals surface area contributed by atoms with Crippen molar-refractivity contribution < 1.29 is 19.2 Å². The summed E-state index contributed by atoms with van der Waals surface area (Å²) in [5.41, 5.74) is 3.92. The van der Waals surface area contributed by atoms with E-state index < -0.39 is 35.3 Å². The van der Waals surface area contributed by atoms with Crippen LogP contribution in [0.5, 0.6) is 0 Å². The molecular formula is C12H20N4O4S. The van der Waals surface area contributed by atoms with Crippen LogP contribution in [0.15, 0.2) is 0 Å². The summed E-state index contributed by atoms with van der Waals surface area (Å²) in [5, 5.41) is 4.56. The van der Waals surface area contributed by atoms with Crippen molar-refractivity contribution in [1.29, 1.82) is 0 Å². The van der Waals surface area contributed by atoms with E-state index in [2.05, 4.69) is 10.6 Å². The Labute approximate surface area is 127 Å². The van der Waals surface area contributed by atoms with E-state index in [1.54, 1.807) is 13.8 Å². The molecule has 5 amide bonds. The highest BCUT2D eigenvalue weighted by atomic mass is 32.2. The molecule has 1 saturated heterocycles. The lowest BCUT2D eigenvalue weighted by Gasteiger charge is -2.41. The monoisotopic (exact) mass is 316 g/mol. The number of imide groups is 1. The molecule has 118 valence electrons. The fourth-order valence-electron chi connectivity index (χ4n) is 1.99. The predicted molar refractivity (Wildman–Crippen MR) is 78.4 cm³/mol. The standard InChI is InChI=1S/C12H20N4O4S/c1-12(2)10(19)15-8(17)6-16(12)9(18)7(4-5-21-3)14-11(13)20/h7H,4-6H2,1-3H3,(H3,13,14,20)(H,15,17,19). The number of carbonyl (C=O) groups is 4. The molecule has 0 bridgehead atoms. The SMILES string of the molecule is CSCCC(NC(N)=O)C(=O)N1CC(=O)NC(=O)C1(C)C. The van der Waals surface area contributed by atoms with Gasteiger partial charge in [0.15, 0.2) is 0 Å². The minimum absolute atomic E-state index is 0.228. The van der Waals surface area contributed by atoms with Crippen LogP contribution in [-0.2, 0) is 14.4 Å². The topological polar surface area (TPSA) is 122 Å². The van der Waals surface area contributed by atoms with Gasteiger partial charge in [0.2, 0.25) is 11.8 Å². The van der Waals surface area contributed by atoms with Gasteiger partial charge in [0.25, 0.3) is 5.91 Å². The highest BCUT2D eigenvalue weighted by Crippen LogP contribution is 2.20.